The molecule has 7 heteroatoms. The molecule has 0 aliphatic carbocycles. The van der Waals surface area contributed by atoms with Crippen LogP contribution in [-0.4, -0.2) is 21.5 Å². The number of aromatic nitrogens is 3. The third-order valence-corrected chi connectivity index (χ3v) is 3.93. The summed E-state index contributed by atoms with van der Waals surface area (Å²) >= 11 is 5.96. The second kappa shape index (κ2) is 6.88. The monoisotopic (exact) mass is 342 g/mol. The fourth-order valence-electron chi connectivity index (χ4n) is 2.58. The van der Waals surface area contributed by atoms with Crippen molar-refractivity contribution in [2.75, 3.05) is 22.9 Å². The number of hydrogen-bond donors (Lipinski definition) is 2. The minimum absolute atomic E-state index is 0.154. The lowest BCUT2D eigenvalue weighted by Crippen LogP contribution is -2.24. The Morgan fingerprint density at radius 2 is 1.75 bits per heavy atom. The molecule has 2 aromatic heterocycles. The lowest BCUT2D eigenvalue weighted by atomic mass is 10.2. The van der Waals surface area contributed by atoms with Gasteiger partial charge in [0.15, 0.2) is 5.82 Å². The van der Waals surface area contributed by atoms with E-state index >= 15 is 0 Å². The summed E-state index contributed by atoms with van der Waals surface area (Å²) in [7, 11) is 0. The highest BCUT2D eigenvalue weighted by atomic mass is 35.5. The van der Waals surface area contributed by atoms with E-state index in [0.29, 0.717) is 16.9 Å². The molecule has 0 amide bonds. The molecule has 1 aromatic carbocycles. The summed E-state index contributed by atoms with van der Waals surface area (Å²) in [4.78, 5) is 15.0. The van der Waals surface area contributed by atoms with E-state index in [9.17, 15) is 0 Å². The second-order valence-corrected chi connectivity index (χ2v) is 5.99. The predicted molar refractivity (Wildman–Crippen MR) is 99.0 cm³/mol. The zero-order chi connectivity index (χ0) is 17.1. The van der Waals surface area contributed by atoms with Crippen LogP contribution in [0.5, 0.6) is 0 Å². The molecule has 4 N–H and O–H groups in total. The molecule has 0 unspecified atom stereocenters. The SMILES string of the molecule is CCCN(Cc1ccc(Cl)cc1)c1ccc2nc(N)nc(N)c2n1. The van der Waals surface area contributed by atoms with Gasteiger partial charge < -0.3 is 16.4 Å². The van der Waals surface area contributed by atoms with Gasteiger partial charge in [0.05, 0.1) is 5.52 Å². The van der Waals surface area contributed by atoms with Crippen LogP contribution in [0.2, 0.25) is 5.02 Å². The average Bonchev–Trinajstić information content (AvgIpc) is 2.56. The van der Waals surface area contributed by atoms with Gasteiger partial charge in [-0.2, -0.15) is 4.98 Å². The fourth-order valence-corrected chi connectivity index (χ4v) is 2.70. The molecule has 124 valence electrons. The Morgan fingerprint density at radius 1 is 1.00 bits per heavy atom. The zero-order valence-electron chi connectivity index (χ0n) is 13.4. The number of hydrogen-bond acceptors (Lipinski definition) is 6. The minimum atomic E-state index is 0.154. The van der Waals surface area contributed by atoms with Crippen molar-refractivity contribution in [1.29, 1.82) is 0 Å². The van der Waals surface area contributed by atoms with Gasteiger partial charge in [0.2, 0.25) is 5.95 Å². The highest BCUT2D eigenvalue weighted by Crippen LogP contribution is 2.23. The Balaban J connectivity index is 1.95. The van der Waals surface area contributed by atoms with Crippen molar-refractivity contribution in [3.63, 3.8) is 0 Å². The molecular weight excluding hydrogens is 324 g/mol. The summed E-state index contributed by atoms with van der Waals surface area (Å²) in [6, 6.07) is 11.6. The summed E-state index contributed by atoms with van der Waals surface area (Å²) < 4.78 is 0. The maximum atomic E-state index is 5.96. The Hall–Kier alpha value is -2.60. The molecule has 2 heterocycles. The van der Waals surface area contributed by atoms with Gasteiger partial charge >= 0.3 is 0 Å². The van der Waals surface area contributed by atoms with E-state index in [1.807, 2.05) is 36.4 Å². The Morgan fingerprint density at radius 3 is 2.46 bits per heavy atom. The largest absolute Gasteiger partial charge is 0.382 e. The molecule has 0 aliphatic heterocycles. The van der Waals surface area contributed by atoms with Crippen molar-refractivity contribution in [1.82, 2.24) is 15.0 Å². The number of fused-ring (bicyclic) bond motifs is 1. The maximum Gasteiger partial charge on any atom is 0.222 e. The molecule has 24 heavy (non-hydrogen) atoms. The van der Waals surface area contributed by atoms with Crippen LogP contribution < -0.4 is 16.4 Å². The van der Waals surface area contributed by atoms with Gasteiger partial charge in [-0.25, -0.2) is 9.97 Å². The van der Waals surface area contributed by atoms with E-state index in [2.05, 4.69) is 26.8 Å². The predicted octanol–water partition coefficient (Wildman–Crippen LogP) is 3.26. The van der Waals surface area contributed by atoms with Crippen molar-refractivity contribution in [3.05, 3.63) is 47.0 Å². The fraction of sp³-hybridized carbons (Fsp3) is 0.235. The standard InChI is InChI=1S/C17H19ClN6/c1-2-9-24(10-11-3-5-12(18)6-4-11)14-8-7-13-15(22-14)16(19)23-17(20)21-13/h3-8H,2,9-10H2,1H3,(H4,19,20,21,23). The Bertz CT molecular complexity index is 850. The third-order valence-electron chi connectivity index (χ3n) is 3.68. The molecule has 0 spiro atoms. The molecule has 0 fully saturated rings. The first kappa shape index (κ1) is 16.3. The maximum absolute atomic E-state index is 5.96. The van der Waals surface area contributed by atoms with Crippen molar-refractivity contribution in [2.24, 2.45) is 0 Å². The zero-order valence-corrected chi connectivity index (χ0v) is 14.2. The lowest BCUT2D eigenvalue weighted by Gasteiger charge is -2.23. The first-order valence-electron chi connectivity index (χ1n) is 7.76. The number of nitrogen functional groups attached to an aromatic ring is 2. The number of rotatable bonds is 5. The lowest BCUT2D eigenvalue weighted by molar-refractivity contribution is 0.756. The van der Waals surface area contributed by atoms with Gasteiger partial charge in [-0.3, -0.25) is 0 Å². The topological polar surface area (TPSA) is 94.0 Å². The van der Waals surface area contributed by atoms with Crippen LogP contribution in [0.25, 0.3) is 11.0 Å². The molecule has 3 aromatic rings. The molecule has 0 radical (unpaired) electrons. The average molecular weight is 343 g/mol. The summed E-state index contributed by atoms with van der Waals surface area (Å²) in [6.07, 6.45) is 1.00. The van der Waals surface area contributed by atoms with E-state index in [1.165, 1.54) is 0 Å². The van der Waals surface area contributed by atoms with Crippen LogP contribution >= 0.6 is 11.6 Å². The van der Waals surface area contributed by atoms with E-state index < -0.39 is 0 Å². The van der Waals surface area contributed by atoms with Gasteiger partial charge in [-0.15, -0.1) is 0 Å². The molecule has 0 saturated carbocycles. The smallest absolute Gasteiger partial charge is 0.222 e. The summed E-state index contributed by atoms with van der Waals surface area (Å²) in [6.45, 7) is 3.74. The number of pyridine rings is 1. The van der Waals surface area contributed by atoms with Crippen LogP contribution in [0.4, 0.5) is 17.6 Å². The van der Waals surface area contributed by atoms with Crippen molar-refractivity contribution < 1.29 is 0 Å². The normalized spacial score (nSPS) is 10.9. The number of nitrogens with zero attached hydrogens (tertiary/aromatic N) is 4. The van der Waals surface area contributed by atoms with Crippen LogP contribution in [0.1, 0.15) is 18.9 Å². The van der Waals surface area contributed by atoms with E-state index in [0.717, 1.165) is 35.9 Å². The van der Waals surface area contributed by atoms with Gasteiger partial charge in [-0.1, -0.05) is 30.7 Å². The van der Waals surface area contributed by atoms with Crippen LogP contribution in [0.3, 0.4) is 0 Å². The number of halogens is 1. The van der Waals surface area contributed by atoms with Gasteiger partial charge in [0.1, 0.15) is 11.3 Å². The minimum Gasteiger partial charge on any atom is -0.382 e. The summed E-state index contributed by atoms with van der Waals surface area (Å²) in [5, 5.41) is 0.729. The van der Waals surface area contributed by atoms with Crippen LogP contribution in [0, 0.1) is 0 Å². The highest BCUT2D eigenvalue weighted by molar-refractivity contribution is 6.30. The van der Waals surface area contributed by atoms with Gasteiger partial charge in [0, 0.05) is 18.1 Å². The Kier molecular flexibility index (Phi) is 4.66. The summed E-state index contributed by atoms with van der Waals surface area (Å²) in [5.74, 6) is 1.28. The molecule has 0 saturated heterocycles. The molecule has 0 aliphatic rings. The molecular formula is C17H19ClN6. The van der Waals surface area contributed by atoms with Crippen molar-refractivity contribution >= 4 is 40.2 Å². The third kappa shape index (κ3) is 3.49. The number of anilines is 3. The molecule has 0 bridgehead atoms. The van der Waals surface area contributed by atoms with E-state index in [1.54, 1.807) is 0 Å². The first-order chi connectivity index (χ1) is 11.6. The number of benzene rings is 1. The molecule has 3 rings (SSSR count). The summed E-state index contributed by atoms with van der Waals surface area (Å²) in [5.41, 5.74) is 14.0. The van der Waals surface area contributed by atoms with Crippen LogP contribution in [0.15, 0.2) is 36.4 Å². The number of nitrogens with two attached hydrogens (primary N) is 2. The van der Waals surface area contributed by atoms with E-state index in [4.69, 9.17) is 23.1 Å². The van der Waals surface area contributed by atoms with Gasteiger partial charge in [-0.05, 0) is 36.2 Å². The van der Waals surface area contributed by atoms with E-state index in [-0.39, 0.29) is 5.95 Å². The van der Waals surface area contributed by atoms with Gasteiger partial charge in [0.25, 0.3) is 0 Å². The van der Waals surface area contributed by atoms with Crippen LogP contribution in [-0.2, 0) is 6.54 Å². The molecule has 6 nitrogen and oxygen atoms in total. The Labute approximate surface area is 145 Å². The van der Waals surface area contributed by atoms with Crippen molar-refractivity contribution in [2.45, 2.75) is 19.9 Å². The second-order valence-electron chi connectivity index (χ2n) is 5.55. The first-order valence-corrected chi connectivity index (χ1v) is 8.13. The highest BCUT2D eigenvalue weighted by Gasteiger charge is 2.12. The van der Waals surface area contributed by atoms with Crippen molar-refractivity contribution in [3.8, 4) is 0 Å². The quantitative estimate of drug-likeness (QED) is 0.739. The molecule has 0 atom stereocenters.